The molecule has 2 unspecified atom stereocenters. The molecular formula is C9H16O3. The van der Waals surface area contributed by atoms with Gasteiger partial charge in [-0.2, -0.15) is 0 Å². The molecular weight excluding hydrogens is 156 g/mol. The summed E-state index contributed by atoms with van der Waals surface area (Å²) in [4.78, 5) is 10.7. The highest BCUT2D eigenvalue weighted by Crippen LogP contribution is 2.25. The van der Waals surface area contributed by atoms with E-state index in [2.05, 4.69) is 11.7 Å². The lowest BCUT2D eigenvalue weighted by Crippen LogP contribution is -2.24. The van der Waals surface area contributed by atoms with E-state index in [0.717, 1.165) is 19.3 Å². The Bertz CT molecular complexity index is 156. The van der Waals surface area contributed by atoms with Crippen LogP contribution in [0.1, 0.15) is 32.6 Å². The number of ether oxygens (including phenoxy) is 2. The van der Waals surface area contributed by atoms with Crippen molar-refractivity contribution in [3.63, 3.8) is 0 Å². The third kappa shape index (κ3) is 2.72. The molecule has 0 aromatic rings. The summed E-state index contributed by atoms with van der Waals surface area (Å²) in [5.41, 5.74) is 0. The van der Waals surface area contributed by atoms with Crippen LogP contribution in [0.5, 0.6) is 0 Å². The molecule has 1 rings (SSSR count). The maximum absolute atomic E-state index is 10.7. The van der Waals surface area contributed by atoms with Gasteiger partial charge < -0.3 is 9.47 Å². The first kappa shape index (κ1) is 9.36. The van der Waals surface area contributed by atoms with Gasteiger partial charge in [0, 0.05) is 0 Å². The molecule has 70 valence electrons. The third-order valence-electron chi connectivity index (χ3n) is 2.32. The number of carbonyl (C=O) groups is 1. The molecule has 0 heterocycles. The van der Waals surface area contributed by atoms with Crippen LogP contribution in [0.3, 0.4) is 0 Å². The van der Waals surface area contributed by atoms with Crippen LogP contribution in [0.25, 0.3) is 0 Å². The fourth-order valence-corrected chi connectivity index (χ4v) is 1.67. The van der Waals surface area contributed by atoms with Crippen molar-refractivity contribution < 1.29 is 14.3 Å². The molecule has 12 heavy (non-hydrogen) atoms. The van der Waals surface area contributed by atoms with Crippen molar-refractivity contribution in [1.82, 2.24) is 0 Å². The van der Waals surface area contributed by atoms with Crippen LogP contribution in [-0.4, -0.2) is 19.4 Å². The second kappa shape index (κ2) is 4.33. The summed E-state index contributed by atoms with van der Waals surface area (Å²) in [5.74, 6) is 0.674. The van der Waals surface area contributed by atoms with E-state index in [9.17, 15) is 4.79 Å². The fraction of sp³-hybridized carbons (Fsp3) is 0.889. The SMILES string of the molecule is COC(=O)OC1CCCC(C)C1. The van der Waals surface area contributed by atoms with Crippen molar-refractivity contribution in [2.24, 2.45) is 5.92 Å². The molecule has 0 aromatic carbocycles. The van der Waals surface area contributed by atoms with Gasteiger partial charge in [-0.15, -0.1) is 0 Å². The first-order valence-electron chi connectivity index (χ1n) is 4.47. The van der Waals surface area contributed by atoms with Crippen LogP contribution in [-0.2, 0) is 9.47 Å². The molecule has 1 aliphatic carbocycles. The molecule has 0 saturated heterocycles. The Hall–Kier alpha value is -0.730. The molecule has 0 aliphatic heterocycles. The fourth-order valence-electron chi connectivity index (χ4n) is 1.67. The van der Waals surface area contributed by atoms with Crippen molar-refractivity contribution in [2.75, 3.05) is 7.11 Å². The Kier molecular flexibility index (Phi) is 3.38. The zero-order valence-corrected chi connectivity index (χ0v) is 7.71. The van der Waals surface area contributed by atoms with Gasteiger partial charge in [-0.25, -0.2) is 4.79 Å². The monoisotopic (exact) mass is 172 g/mol. The van der Waals surface area contributed by atoms with E-state index in [1.54, 1.807) is 0 Å². The summed E-state index contributed by atoms with van der Waals surface area (Å²) in [6.45, 7) is 2.19. The van der Waals surface area contributed by atoms with Gasteiger partial charge in [0.2, 0.25) is 0 Å². The van der Waals surface area contributed by atoms with Gasteiger partial charge in [0.15, 0.2) is 0 Å². The first-order chi connectivity index (χ1) is 5.72. The minimum absolute atomic E-state index is 0.0844. The lowest BCUT2D eigenvalue weighted by Gasteiger charge is -2.25. The molecule has 1 fully saturated rings. The highest BCUT2D eigenvalue weighted by atomic mass is 16.7. The van der Waals surface area contributed by atoms with Gasteiger partial charge in [0.1, 0.15) is 6.10 Å². The van der Waals surface area contributed by atoms with Crippen LogP contribution in [0.2, 0.25) is 0 Å². The molecule has 0 amide bonds. The average molecular weight is 172 g/mol. The van der Waals surface area contributed by atoms with Crippen LogP contribution in [0, 0.1) is 5.92 Å². The predicted octanol–water partition coefficient (Wildman–Crippen LogP) is 2.35. The summed E-state index contributed by atoms with van der Waals surface area (Å²) in [5, 5.41) is 0. The Morgan fingerprint density at radius 2 is 2.17 bits per heavy atom. The first-order valence-corrected chi connectivity index (χ1v) is 4.47. The Balaban J connectivity index is 2.27. The van der Waals surface area contributed by atoms with Gasteiger partial charge in [-0.1, -0.05) is 13.3 Å². The molecule has 1 saturated carbocycles. The topological polar surface area (TPSA) is 35.5 Å². The standard InChI is InChI=1S/C9H16O3/c1-7-4-3-5-8(6-7)12-9(10)11-2/h7-8H,3-6H2,1-2H3. The van der Waals surface area contributed by atoms with Crippen LogP contribution < -0.4 is 0 Å². The summed E-state index contributed by atoms with van der Waals surface area (Å²) in [6.07, 6.45) is 3.91. The van der Waals surface area contributed by atoms with E-state index in [1.165, 1.54) is 13.5 Å². The molecule has 3 nitrogen and oxygen atoms in total. The van der Waals surface area contributed by atoms with Gasteiger partial charge in [-0.05, 0) is 25.2 Å². The molecule has 0 aromatic heterocycles. The minimum Gasteiger partial charge on any atom is -0.438 e. The van der Waals surface area contributed by atoms with Gasteiger partial charge in [0.05, 0.1) is 7.11 Å². The summed E-state index contributed by atoms with van der Waals surface area (Å²) < 4.78 is 9.48. The number of rotatable bonds is 1. The van der Waals surface area contributed by atoms with Gasteiger partial charge in [0.25, 0.3) is 0 Å². The zero-order chi connectivity index (χ0) is 8.97. The smallest absolute Gasteiger partial charge is 0.438 e. The lowest BCUT2D eigenvalue weighted by atomic mass is 9.89. The number of hydrogen-bond acceptors (Lipinski definition) is 3. The zero-order valence-electron chi connectivity index (χ0n) is 7.71. The molecule has 3 heteroatoms. The van der Waals surface area contributed by atoms with Crippen molar-refractivity contribution in [2.45, 2.75) is 38.7 Å². The van der Waals surface area contributed by atoms with E-state index in [0.29, 0.717) is 5.92 Å². The minimum atomic E-state index is -0.547. The van der Waals surface area contributed by atoms with E-state index >= 15 is 0 Å². The second-order valence-corrected chi connectivity index (χ2v) is 3.47. The second-order valence-electron chi connectivity index (χ2n) is 3.47. The predicted molar refractivity (Wildman–Crippen MR) is 44.9 cm³/mol. The highest BCUT2D eigenvalue weighted by molar-refractivity contribution is 5.59. The molecule has 1 aliphatic rings. The van der Waals surface area contributed by atoms with Gasteiger partial charge in [-0.3, -0.25) is 0 Å². The normalized spacial score (nSPS) is 29.5. The van der Waals surface area contributed by atoms with Crippen LogP contribution in [0.4, 0.5) is 4.79 Å². The Labute approximate surface area is 73.0 Å². The van der Waals surface area contributed by atoms with Crippen LogP contribution in [0.15, 0.2) is 0 Å². The average Bonchev–Trinajstić information content (AvgIpc) is 2.04. The summed E-state index contributed by atoms with van der Waals surface area (Å²) >= 11 is 0. The van der Waals surface area contributed by atoms with Crippen molar-refractivity contribution >= 4 is 6.16 Å². The van der Waals surface area contributed by atoms with Gasteiger partial charge >= 0.3 is 6.16 Å². The highest BCUT2D eigenvalue weighted by Gasteiger charge is 2.22. The number of methoxy groups -OCH3 is 1. The number of carbonyl (C=O) groups excluding carboxylic acids is 1. The quantitative estimate of drug-likeness (QED) is 0.569. The maximum Gasteiger partial charge on any atom is 0.508 e. The maximum atomic E-state index is 10.7. The molecule has 0 spiro atoms. The third-order valence-corrected chi connectivity index (χ3v) is 2.32. The molecule has 0 bridgehead atoms. The van der Waals surface area contributed by atoms with E-state index < -0.39 is 6.16 Å². The largest absolute Gasteiger partial charge is 0.508 e. The van der Waals surface area contributed by atoms with E-state index in [1.807, 2.05) is 0 Å². The van der Waals surface area contributed by atoms with Crippen LogP contribution >= 0.6 is 0 Å². The van der Waals surface area contributed by atoms with E-state index in [-0.39, 0.29) is 6.10 Å². The van der Waals surface area contributed by atoms with Crippen molar-refractivity contribution in [3.8, 4) is 0 Å². The summed E-state index contributed by atoms with van der Waals surface area (Å²) in [6, 6.07) is 0. The Morgan fingerprint density at radius 3 is 2.75 bits per heavy atom. The van der Waals surface area contributed by atoms with Crippen molar-refractivity contribution in [3.05, 3.63) is 0 Å². The lowest BCUT2D eigenvalue weighted by molar-refractivity contribution is 0.0151. The molecule has 2 atom stereocenters. The van der Waals surface area contributed by atoms with Crippen molar-refractivity contribution in [1.29, 1.82) is 0 Å². The molecule has 0 N–H and O–H groups in total. The molecule has 0 radical (unpaired) electrons. The van der Waals surface area contributed by atoms with E-state index in [4.69, 9.17) is 4.74 Å². The Morgan fingerprint density at radius 1 is 1.42 bits per heavy atom. The number of hydrogen-bond donors (Lipinski definition) is 0. The summed E-state index contributed by atoms with van der Waals surface area (Å²) in [7, 11) is 1.34.